The number of nitrogens with zero attached hydrogens (tertiary/aromatic N) is 2. The third-order valence-electron chi connectivity index (χ3n) is 4.74. The predicted molar refractivity (Wildman–Crippen MR) is 97.7 cm³/mol. The first kappa shape index (κ1) is 15.9. The van der Waals surface area contributed by atoms with Crippen LogP contribution in [0.2, 0.25) is 5.02 Å². The number of amides is 1. The summed E-state index contributed by atoms with van der Waals surface area (Å²) in [6.07, 6.45) is 1.57. The standard InChI is InChI=1S/C20H17ClN2O2/c1-23(16-5-3-2-4-6-16)19(24)20(11-12-20)18-13-17(25-22-18)14-7-9-15(21)10-8-14/h2-10,13H,11-12H2,1H3. The van der Waals surface area contributed by atoms with Crippen molar-refractivity contribution in [3.05, 3.63) is 71.4 Å². The average Bonchev–Trinajstić information content (AvgIpc) is 3.32. The van der Waals surface area contributed by atoms with E-state index >= 15 is 0 Å². The number of carbonyl (C=O) groups excluding carboxylic acids is 1. The highest BCUT2D eigenvalue weighted by atomic mass is 35.5. The third kappa shape index (κ3) is 2.83. The minimum absolute atomic E-state index is 0.0506. The number of anilines is 1. The van der Waals surface area contributed by atoms with Crippen LogP contribution in [0.4, 0.5) is 5.69 Å². The molecule has 1 aliphatic carbocycles. The zero-order valence-electron chi connectivity index (χ0n) is 13.8. The molecule has 0 bridgehead atoms. The number of likely N-dealkylation sites (N-methyl/N-ethyl adjacent to an activating group) is 1. The van der Waals surface area contributed by atoms with Crippen LogP contribution in [0.1, 0.15) is 18.5 Å². The van der Waals surface area contributed by atoms with Crippen molar-refractivity contribution in [3.8, 4) is 11.3 Å². The zero-order chi connectivity index (χ0) is 17.4. The van der Waals surface area contributed by atoms with Gasteiger partial charge in [-0.2, -0.15) is 0 Å². The van der Waals surface area contributed by atoms with E-state index in [0.717, 1.165) is 24.1 Å². The molecule has 0 atom stereocenters. The fourth-order valence-electron chi connectivity index (χ4n) is 3.05. The van der Waals surface area contributed by atoms with E-state index in [1.807, 2.05) is 48.5 Å². The van der Waals surface area contributed by atoms with E-state index in [2.05, 4.69) is 5.16 Å². The van der Waals surface area contributed by atoms with Crippen molar-refractivity contribution in [2.75, 3.05) is 11.9 Å². The van der Waals surface area contributed by atoms with Gasteiger partial charge in [-0.1, -0.05) is 35.0 Å². The van der Waals surface area contributed by atoms with E-state index in [1.54, 1.807) is 24.1 Å². The van der Waals surface area contributed by atoms with Gasteiger partial charge in [0.15, 0.2) is 5.76 Å². The van der Waals surface area contributed by atoms with Crippen molar-refractivity contribution < 1.29 is 9.32 Å². The number of hydrogen-bond acceptors (Lipinski definition) is 3. The van der Waals surface area contributed by atoms with E-state index in [9.17, 15) is 4.79 Å². The SMILES string of the molecule is CN(C(=O)C1(c2cc(-c3ccc(Cl)cc3)on2)CC1)c1ccccc1. The second-order valence-electron chi connectivity index (χ2n) is 6.37. The summed E-state index contributed by atoms with van der Waals surface area (Å²) in [4.78, 5) is 14.7. The number of carbonyl (C=O) groups is 1. The molecule has 1 aliphatic rings. The summed E-state index contributed by atoms with van der Waals surface area (Å²) in [5.74, 6) is 0.697. The summed E-state index contributed by atoms with van der Waals surface area (Å²) in [6.45, 7) is 0. The molecule has 1 aromatic heterocycles. The van der Waals surface area contributed by atoms with Crippen molar-refractivity contribution in [2.24, 2.45) is 0 Å². The number of aromatic nitrogens is 1. The summed E-state index contributed by atoms with van der Waals surface area (Å²) in [5.41, 5.74) is 1.90. The number of hydrogen-bond donors (Lipinski definition) is 0. The van der Waals surface area contributed by atoms with Crippen molar-refractivity contribution in [1.29, 1.82) is 0 Å². The van der Waals surface area contributed by atoms with E-state index in [0.29, 0.717) is 16.5 Å². The van der Waals surface area contributed by atoms with E-state index in [1.165, 1.54) is 0 Å². The molecule has 5 heteroatoms. The Morgan fingerprint density at radius 2 is 1.80 bits per heavy atom. The van der Waals surface area contributed by atoms with Gasteiger partial charge in [0.25, 0.3) is 0 Å². The van der Waals surface area contributed by atoms with Crippen molar-refractivity contribution in [2.45, 2.75) is 18.3 Å². The van der Waals surface area contributed by atoms with Crippen molar-refractivity contribution >= 4 is 23.2 Å². The summed E-state index contributed by atoms with van der Waals surface area (Å²) in [6, 6.07) is 18.9. The Morgan fingerprint density at radius 1 is 1.12 bits per heavy atom. The van der Waals surface area contributed by atoms with Gasteiger partial charge in [0.2, 0.25) is 5.91 Å². The van der Waals surface area contributed by atoms with Gasteiger partial charge < -0.3 is 9.42 Å². The maximum Gasteiger partial charge on any atom is 0.239 e. The molecule has 0 aliphatic heterocycles. The van der Waals surface area contributed by atoms with E-state index in [-0.39, 0.29) is 5.91 Å². The van der Waals surface area contributed by atoms with Crippen LogP contribution in [0.3, 0.4) is 0 Å². The highest BCUT2D eigenvalue weighted by Gasteiger charge is 2.55. The van der Waals surface area contributed by atoms with Crippen LogP contribution >= 0.6 is 11.6 Å². The quantitative estimate of drug-likeness (QED) is 0.684. The lowest BCUT2D eigenvalue weighted by Crippen LogP contribution is -2.36. The first-order valence-electron chi connectivity index (χ1n) is 8.16. The minimum Gasteiger partial charge on any atom is -0.356 e. The molecular formula is C20H17ClN2O2. The molecule has 1 amide bonds. The second-order valence-corrected chi connectivity index (χ2v) is 6.80. The van der Waals surface area contributed by atoms with Crippen molar-refractivity contribution in [1.82, 2.24) is 5.16 Å². The molecule has 0 saturated heterocycles. The van der Waals surface area contributed by atoms with Crippen LogP contribution in [-0.2, 0) is 10.2 Å². The molecule has 1 heterocycles. The third-order valence-corrected chi connectivity index (χ3v) is 4.99. The van der Waals surface area contributed by atoms with Gasteiger partial charge in [-0.25, -0.2) is 0 Å². The molecule has 0 radical (unpaired) electrons. The van der Waals surface area contributed by atoms with Crippen LogP contribution < -0.4 is 4.90 Å². The Balaban J connectivity index is 1.61. The fraction of sp³-hybridized carbons (Fsp3) is 0.200. The topological polar surface area (TPSA) is 46.3 Å². The Hall–Kier alpha value is -2.59. The summed E-state index contributed by atoms with van der Waals surface area (Å²) in [5, 5.41) is 4.86. The van der Waals surface area contributed by atoms with Gasteiger partial charge in [0.05, 0.1) is 11.1 Å². The van der Waals surface area contributed by atoms with Crippen LogP contribution in [0, 0.1) is 0 Å². The predicted octanol–water partition coefficient (Wildman–Crippen LogP) is 4.69. The first-order valence-corrected chi connectivity index (χ1v) is 8.54. The van der Waals surface area contributed by atoms with Gasteiger partial charge in [0.1, 0.15) is 0 Å². The lowest BCUT2D eigenvalue weighted by Gasteiger charge is -2.22. The van der Waals surface area contributed by atoms with E-state index in [4.69, 9.17) is 16.1 Å². The lowest BCUT2D eigenvalue weighted by molar-refractivity contribution is -0.120. The molecule has 126 valence electrons. The Labute approximate surface area is 151 Å². The van der Waals surface area contributed by atoms with Crippen LogP contribution in [0.25, 0.3) is 11.3 Å². The molecule has 0 unspecified atom stereocenters. The maximum absolute atomic E-state index is 13.0. The highest BCUT2D eigenvalue weighted by molar-refractivity contribution is 6.30. The normalized spacial score (nSPS) is 15.0. The van der Waals surface area contributed by atoms with Gasteiger partial charge >= 0.3 is 0 Å². The van der Waals surface area contributed by atoms with Gasteiger partial charge in [-0.05, 0) is 49.2 Å². The zero-order valence-corrected chi connectivity index (χ0v) is 14.5. The van der Waals surface area contributed by atoms with Crippen LogP contribution in [0.15, 0.2) is 65.2 Å². The van der Waals surface area contributed by atoms with Crippen molar-refractivity contribution in [3.63, 3.8) is 0 Å². The largest absolute Gasteiger partial charge is 0.356 e. The lowest BCUT2D eigenvalue weighted by atomic mass is 9.99. The molecule has 0 spiro atoms. The molecule has 1 saturated carbocycles. The van der Waals surface area contributed by atoms with Crippen LogP contribution in [0.5, 0.6) is 0 Å². The molecule has 4 rings (SSSR count). The van der Waals surface area contributed by atoms with Gasteiger partial charge in [-0.3, -0.25) is 4.79 Å². The Bertz CT molecular complexity index is 899. The summed E-state index contributed by atoms with van der Waals surface area (Å²) >= 11 is 5.93. The Kier molecular flexibility index (Phi) is 3.85. The fourth-order valence-corrected chi connectivity index (χ4v) is 3.17. The van der Waals surface area contributed by atoms with Crippen LogP contribution in [-0.4, -0.2) is 18.1 Å². The maximum atomic E-state index is 13.0. The molecule has 1 fully saturated rings. The number of rotatable bonds is 4. The second kappa shape index (κ2) is 6.05. The summed E-state index contributed by atoms with van der Waals surface area (Å²) < 4.78 is 5.49. The smallest absolute Gasteiger partial charge is 0.239 e. The van der Waals surface area contributed by atoms with Gasteiger partial charge in [-0.15, -0.1) is 0 Å². The first-order chi connectivity index (χ1) is 12.1. The molecule has 25 heavy (non-hydrogen) atoms. The monoisotopic (exact) mass is 352 g/mol. The highest BCUT2D eigenvalue weighted by Crippen LogP contribution is 2.50. The Morgan fingerprint density at radius 3 is 2.44 bits per heavy atom. The molecule has 0 N–H and O–H groups in total. The minimum atomic E-state index is -0.571. The average molecular weight is 353 g/mol. The van der Waals surface area contributed by atoms with Gasteiger partial charge in [0, 0.05) is 29.4 Å². The molecule has 2 aromatic carbocycles. The number of benzene rings is 2. The summed E-state index contributed by atoms with van der Waals surface area (Å²) in [7, 11) is 1.80. The van der Waals surface area contributed by atoms with E-state index < -0.39 is 5.41 Å². The molecular weight excluding hydrogens is 336 g/mol. The molecule has 3 aromatic rings. The molecule has 4 nitrogen and oxygen atoms in total. The number of para-hydroxylation sites is 1. The number of halogens is 1.